The minimum Gasteiger partial charge on any atom is -0.434 e. The molecule has 0 N–H and O–H groups in total. The third-order valence-electron chi connectivity index (χ3n) is 3.29. The van der Waals surface area contributed by atoms with Gasteiger partial charge >= 0.3 is 6.09 Å². The number of alkyl halides is 4. The monoisotopic (exact) mass is 445 g/mol. The molecule has 1 fully saturated rings. The number of sulfonamides is 1. The van der Waals surface area contributed by atoms with Gasteiger partial charge in [-0.05, 0) is 19.8 Å². The minimum atomic E-state index is -3.74. The second-order valence-corrected chi connectivity index (χ2v) is 11.6. The number of thioether (sulfide) groups is 1. The van der Waals surface area contributed by atoms with Gasteiger partial charge in [-0.2, -0.15) is 0 Å². The standard InChI is InChI=1S/C12H19Cl4NO4S2/c1-8(22-12(15,16)10(13)14)21-11(18)17(23(2,19)20)9-6-4-3-5-7-9/h8-10H,3-7H2,1-2H3. The molecule has 23 heavy (non-hydrogen) atoms. The van der Waals surface area contributed by atoms with Crippen molar-refractivity contribution in [2.24, 2.45) is 0 Å². The number of amides is 1. The van der Waals surface area contributed by atoms with Gasteiger partial charge in [-0.3, -0.25) is 0 Å². The van der Waals surface area contributed by atoms with E-state index in [4.69, 9.17) is 51.1 Å². The first-order chi connectivity index (χ1) is 10.4. The van der Waals surface area contributed by atoms with E-state index in [1.807, 2.05) is 0 Å². The molecular weight excluding hydrogens is 428 g/mol. The maximum absolute atomic E-state index is 12.3. The topological polar surface area (TPSA) is 63.7 Å². The molecule has 1 unspecified atom stereocenters. The smallest absolute Gasteiger partial charge is 0.424 e. The maximum atomic E-state index is 12.3. The highest BCUT2D eigenvalue weighted by Crippen LogP contribution is 2.45. The first kappa shape index (κ1) is 21.8. The van der Waals surface area contributed by atoms with Crippen molar-refractivity contribution in [1.29, 1.82) is 0 Å². The minimum absolute atomic E-state index is 0.381. The lowest BCUT2D eigenvalue weighted by molar-refractivity contribution is 0.106. The van der Waals surface area contributed by atoms with Gasteiger partial charge in [0.25, 0.3) is 0 Å². The highest BCUT2D eigenvalue weighted by atomic mass is 35.5. The van der Waals surface area contributed by atoms with Crippen molar-refractivity contribution in [2.45, 2.75) is 59.0 Å². The molecule has 0 saturated heterocycles. The van der Waals surface area contributed by atoms with Crippen molar-refractivity contribution in [3.8, 4) is 0 Å². The zero-order chi connectivity index (χ0) is 17.8. The van der Waals surface area contributed by atoms with E-state index in [0.29, 0.717) is 12.8 Å². The molecule has 0 aromatic carbocycles. The molecule has 0 heterocycles. The van der Waals surface area contributed by atoms with Crippen LogP contribution in [0.5, 0.6) is 0 Å². The predicted octanol–water partition coefficient (Wildman–Crippen LogP) is 4.73. The highest BCUT2D eigenvalue weighted by Gasteiger charge is 2.38. The molecule has 0 bridgehead atoms. The largest absolute Gasteiger partial charge is 0.434 e. The summed E-state index contributed by atoms with van der Waals surface area (Å²) in [5, 5.41) is 0. The van der Waals surface area contributed by atoms with Crippen molar-refractivity contribution in [2.75, 3.05) is 6.26 Å². The maximum Gasteiger partial charge on any atom is 0.424 e. The fourth-order valence-electron chi connectivity index (χ4n) is 2.36. The quantitative estimate of drug-likeness (QED) is 0.435. The number of ether oxygens (including phenoxy) is 1. The second-order valence-electron chi connectivity index (χ2n) is 5.28. The third kappa shape index (κ3) is 6.86. The van der Waals surface area contributed by atoms with Crippen LogP contribution in [0.3, 0.4) is 0 Å². The lowest BCUT2D eigenvalue weighted by Gasteiger charge is -2.33. The van der Waals surface area contributed by atoms with Crippen LogP contribution in [0.2, 0.25) is 0 Å². The summed E-state index contributed by atoms with van der Waals surface area (Å²) in [5.74, 6) is 0. The molecule has 0 aromatic heterocycles. The first-order valence-corrected chi connectivity index (χ1v) is 11.3. The van der Waals surface area contributed by atoms with E-state index >= 15 is 0 Å². The molecule has 0 aromatic rings. The summed E-state index contributed by atoms with van der Waals surface area (Å²) in [6.07, 6.45) is 4.09. The van der Waals surface area contributed by atoms with E-state index in [9.17, 15) is 13.2 Å². The Hall–Kier alpha value is 0.730. The summed E-state index contributed by atoms with van der Waals surface area (Å²) >= 11 is 23.9. The van der Waals surface area contributed by atoms with Gasteiger partial charge in [0.2, 0.25) is 10.0 Å². The van der Waals surface area contributed by atoms with Crippen molar-refractivity contribution < 1.29 is 17.9 Å². The fraction of sp³-hybridized carbons (Fsp3) is 0.917. The van der Waals surface area contributed by atoms with E-state index in [2.05, 4.69) is 0 Å². The Bertz CT molecular complexity index is 509. The van der Waals surface area contributed by atoms with Crippen LogP contribution in [-0.2, 0) is 14.8 Å². The van der Waals surface area contributed by atoms with E-state index in [1.165, 1.54) is 6.92 Å². The van der Waals surface area contributed by atoms with Crippen LogP contribution in [0.15, 0.2) is 0 Å². The SMILES string of the molecule is CC(OC(=O)N(C1CCCCC1)S(C)(=O)=O)SC(Cl)(Cl)C(Cl)Cl. The van der Waals surface area contributed by atoms with E-state index in [1.54, 1.807) is 0 Å². The van der Waals surface area contributed by atoms with E-state index in [-0.39, 0.29) is 6.04 Å². The van der Waals surface area contributed by atoms with Gasteiger partial charge in [0.1, 0.15) is 10.3 Å². The number of nitrogens with zero attached hydrogens (tertiary/aromatic N) is 1. The summed E-state index contributed by atoms with van der Waals surface area (Å²) in [7, 11) is -3.74. The summed E-state index contributed by atoms with van der Waals surface area (Å²) in [6, 6.07) is -0.381. The Morgan fingerprint density at radius 2 is 1.78 bits per heavy atom. The molecule has 1 aliphatic carbocycles. The third-order valence-corrected chi connectivity index (χ3v) is 7.76. The molecule has 1 saturated carbocycles. The molecule has 0 aliphatic heterocycles. The van der Waals surface area contributed by atoms with Crippen LogP contribution in [0, 0.1) is 0 Å². The van der Waals surface area contributed by atoms with Crippen LogP contribution < -0.4 is 0 Å². The molecule has 11 heteroatoms. The van der Waals surface area contributed by atoms with E-state index < -0.39 is 30.1 Å². The lowest BCUT2D eigenvalue weighted by Crippen LogP contribution is -2.46. The zero-order valence-electron chi connectivity index (χ0n) is 12.7. The predicted molar refractivity (Wildman–Crippen MR) is 97.0 cm³/mol. The molecule has 1 rings (SSSR count). The van der Waals surface area contributed by atoms with Gasteiger partial charge in [-0.1, -0.05) is 54.2 Å². The molecule has 0 spiro atoms. The second kappa shape index (κ2) is 8.90. The molecule has 1 amide bonds. The molecule has 1 atom stereocenters. The zero-order valence-corrected chi connectivity index (χ0v) is 17.3. The molecule has 1 aliphatic rings. The van der Waals surface area contributed by atoms with Crippen LogP contribution in [-0.4, -0.2) is 45.1 Å². The average Bonchev–Trinajstić information content (AvgIpc) is 2.37. The molecular formula is C12H19Cl4NO4S2. The molecule has 5 nitrogen and oxygen atoms in total. The van der Waals surface area contributed by atoms with Crippen LogP contribution in [0.25, 0.3) is 0 Å². The van der Waals surface area contributed by atoms with Gasteiger partial charge in [0.05, 0.1) is 12.3 Å². The Balaban J connectivity index is 2.78. The van der Waals surface area contributed by atoms with Crippen LogP contribution >= 0.6 is 58.2 Å². The van der Waals surface area contributed by atoms with Crippen molar-refractivity contribution in [1.82, 2.24) is 4.31 Å². The number of rotatable bonds is 6. The van der Waals surface area contributed by atoms with Gasteiger partial charge in [-0.25, -0.2) is 17.5 Å². The number of carbonyl (C=O) groups is 1. The van der Waals surface area contributed by atoms with E-state index in [0.717, 1.165) is 41.6 Å². The van der Waals surface area contributed by atoms with Crippen molar-refractivity contribution >= 4 is 74.3 Å². The van der Waals surface area contributed by atoms with Crippen molar-refractivity contribution in [3.63, 3.8) is 0 Å². The summed E-state index contributed by atoms with van der Waals surface area (Å²) in [6.45, 7) is 1.51. The molecule has 0 radical (unpaired) electrons. The number of halogens is 4. The number of hydrogen-bond donors (Lipinski definition) is 0. The normalized spacial score (nSPS) is 18.7. The van der Waals surface area contributed by atoms with Gasteiger partial charge < -0.3 is 4.74 Å². The number of hydrogen-bond acceptors (Lipinski definition) is 5. The summed E-state index contributed by atoms with van der Waals surface area (Å²) < 4.78 is 28.3. The Morgan fingerprint density at radius 1 is 1.26 bits per heavy atom. The van der Waals surface area contributed by atoms with Crippen LogP contribution in [0.4, 0.5) is 4.79 Å². The van der Waals surface area contributed by atoms with Gasteiger partial charge in [0, 0.05) is 0 Å². The van der Waals surface area contributed by atoms with Gasteiger partial charge in [0.15, 0.2) is 3.67 Å². The first-order valence-electron chi connectivity index (χ1n) is 6.99. The number of carbonyl (C=O) groups excluding carboxylic acids is 1. The average molecular weight is 447 g/mol. The lowest BCUT2D eigenvalue weighted by atomic mass is 9.96. The van der Waals surface area contributed by atoms with Crippen molar-refractivity contribution in [3.05, 3.63) is 0 Å². The fourth-order valence-corrected chi connectivity index (χ4v) is 5.16. The Labute approximate surface area is 161 Å². The van der Waals surface area contributed by atoms with Crippen LogP contribution in [0.1, 0.15) is 39.0 Å². The summed E-state index contributed by atoms with van der Waals surface area (Å²) in [4.78, 5) is 11.2. The van der Waals surface area contributed by atoms with Gasteiger partial charge in [-0.15, -0.1) is 23.2 Å². The summed E-state index contributed by atoms with van der Waals surface area (Å²) in [5.41, 5.74) is -0.828. The Kier molecular flexibility index (Phi) is 8.42. The Morgan fingerprint density at radius 3 is 2.22 bits per heavy atom. The molecule has 136 valence electrons. The highest BCUT2D eigenvalue weighted by molar-refractivity contribution is 8.03.